The van der Waals surface area contributed by atoms with E-state index in [2.05, 4.69) is 4.72 Å². The zero-order valence-corrected chi connectivity index (χ0v) is 20.9. The van der Waals surface area contributed by atoms with Crippen molar-refractivity contribution >= 4 is 21.7 Å². The molecule has 4 rings (SSSR count). The smallest absolute Gasteiger partial charge is 0.303 e. The predicted octanol–water partition coefficient (Wildman–Crippen LogP) is 5.63. The van der Waals surface area contributed by atoms with Crippen LogP contribution in [0.3, 0.4) is 0 Å². The Morgan fingerprint density at radius 1 is 0.730 bits per heavy atom. The van der Waals surface area contributed by atoms with Crippen LogP contribution >= 0.6 is 0 Å². The van der Waals surface area contributed by atoms with Crippen LogP contribution in [0.25, 0.3) is 11.1 Å². The molecule has 0 spiro atoms. The number of benzene rings is 4. The first kappa shape index (κ1) is 25.8. The molecule has 0 heterocycles. The van der Waals surface area contributed by atoms with Crippen LogP contribution in [0.2, 0.25) is 0 Å². The molecule has 0 aliphatic carbocycles. The average molecular weight is 518 g/mol. The van der Waals surface area contributed by atoms with Crippen molar-refractivity contribution in [3.05, 3.63) is 109 Å². The van der Waals surface area contributed by atoms with Gasteiger partial charge >= 0.3 is 5.97 Å². The molecule has 0 bridgehead atoms. The highest BCUT2D eigenvalue weighted by Gasteiger charge is 2.14. The number of ether oxygens (including phenoxy) is 2. The van der Waals surface area contributed by atoms with Crippen molar-refractivity contribution in [1.82, 2.24) is 0 Å². The summed E-state index contributed by atoms with van der Waals surface area (Å²) in [6, 6.07) is 30.4. The summed E-state index contributed by atoms with van der Waals surface area (Å²) in [6.45, 7) is 0.545. The maximum atomic E-state index is 12.8. The predicted molar refractivity (Wildman–Crippen MR) is 143 cm³/mol. The minimum atomic E-state index is -3.74. The summed E-state index contributed by atoms with van der Waals surface area (Å²) in [4.78, 5) is 11.0. The maximum absolute atomic E-state index is 12.8. The van der Waals surface area contributed by atoms with E-state index >= 15 is 0 Å². The lowest BCUT2D eigenvalue weighted by atomic mass is 10.1. The third-order valence-corrected chi connectivity index (χ3v) is 6.97. The largest absolute Gasteiger partial charge is 0.490 e. The summed E-state index contributed by atoms with van der Waals surface area (Å²) in [5.74, 6) is 0.344. The van der Waals surface area contributed by atoms with Gasteiger partial charge in [0.05, 0.1) is 4.90 Å². The number of nitrogens with one attached hydrogen (secondary N) is 1. The van der Waals surface area contributed by atoms with Crippen LogP contribution in [0.5, 0.6) is 11.5 Å². The minimum absolute atomic E-state index is 0.0337. The van der Waals surface area contributed by atoms with Crippen LogP contribution in [0.4, 0.5) is 5.69 Å². The normalized spacial score (nSPS) is 11.0. The Morgan fingerprint density at radius 2 is 1.35 bits per heavy atom. The summed E-state index contributed by atoms with van der Waals surface area (Å²) in [6.07, 6.45) is 0.423. The van der Waals surface area contributed by atoms with Crippen LogP contribution in [0.1, 0.15) is 12.0 Å². The van der Waals surface area contributed by atoms with Gasteiger partial charge in [-0.1, -0.05) is 60.7 Å². The SMILES string of the molecule is O=C(O)CCc1ccccc1OCCOc1ccc(NS(=O)(=O)c2ccc(-c3ccccc3)cc2)cc1. The fraction of sp³-hybridized carbons (Fsp3) is 0.138. The number of carboxylic acids is 1. The first-order chi connectivity index (χ1) is 17.9. The number of sulfonamides is 1. The number of hydrogen-bond donors (Lipinski definition) is 2. The van der Waals surface area contributed by atoms with Gasteiger partial charge in [-0.25, -0.2) is 8.42 Å². The zero-order valence-electron chi connectivity index (χ0n) is 20.0. The number of anilines is 1. The summed E-state index contributed by atoms with van der Waals surface area (Å²) in [5, 5.41) is 8.90. The molecule has 0 radical (unpaired) electrons. The van der Waals surface area contributed by atoms with Gasteiger partial charge in [-0.15, -0.1) is 0 Å². The van der Waals surface area contributed by atoms with Crippen molar-refractivity contribution in [2.45, 2.75) is 17.7 Å². The molecular formula is C29H27NO6S. The van der Waals surface area contributed by atoms with Gasteiger partial charge in [0.25, 0.3) is 10.0 Å². The van der Waals surface area contributed by atoms with E-state index in [9.17, 15) is 13.2 Å². The van der Waals surface area contributed by atoms with Crippen LogP contribution in [0.15, 0.2) is 108 Å². The average Bonchev–Trinajstić information content (AvgIpc) is 2.92. The van der Waals surface area contributed by atoms with Gasteiger partial charge in [-0.05, 0) is 65.6 Å². The monoisotopic (exact) mass is 517 g/mol. The summed E-state index contributed by atoms with van der Waals surface area (Å²) in [7, 11) is -3.74. The molecule has 0 atom stereocenters. The topological polar surface area (TPSA) is 102 Å². The lowest BCUT2D eigenvalue weighted by molar-refractivity contribution is -0.136. The van der Waals surface area contributed by atoms with Crippen LogP contribution in [0, 0.1) is 0 Å². The second-order valence-corrected chi connectivity index (χ2v) is 9.90. The molecule has 0 aromatic heterocycles. The molecule has 37 heavy (non-hydrogen) atoms. The third kappa shape index (κ3) is 7.35. The van der Waals surface area contributed by atoms with E-state index in [4.69, 9.17) is 14.6 Å². The molecule has 4 aromatic carbocycles. The fourth-order valence-corrected chi connectivity index (χ4v) is 4.75. The minimum Gasteiger partial charge on any atom is -0.490 e. The van der Waals surface area contributed by atoms with Gasteiger partial charge in [0.15, 0.2) is 0 Å². The van der Waals surface area contributed by atoms with Crippen molar-refractivity contribution < 1.29 is 27.8 Å². The van der Waals surface area contributed by atoms with E-state index in [0.717, 1.165) is 16.7 Å². The fourth-order valence-electron chi connectivity index (χ4n) is 3.69. The quantitative estimate of drug-likeness (QED) is 0.236. The van der Waals surface area contributed by atoms with Gasteiger partial charge in [0.2, 0.25) is 0 Å². The van der Waals surface area contributed by atoms with E-state index < -0.39 is 16.0 Å². The second kappa shape index (κ2) is 12.1. The molecule has 0 fully saturated rings. The molecule has 0 saturated heterocycles. The van der Waals surface area contributed by atoms with Crippen molar-refractivity contribution in [2.24, 2.45) is 0 Å². The molecule has 0 saturated carbocycles. The second-order valence-electron chi connectivity index (χ2n) is 8.22. The summed E-state index contributed by atoms with van der Waals surface area (Å²) in [5.41, 5.74) is 3.20. The highest BCUT2D eigenvalue weighted by molar-refractivity contribution is 7.92. The number of rotatable bonds is 12. The van der Waals surface area contributed by atoms with Gasteiger partial charge in [-0.2, -0.15) is 0 Å². The number of carboxylic acid groups (broad SMARTS) is 1. The third-order valence-electron chi connectivity index (χ3n) is 5.57. The zero-order chi connectivity index (χ0) is 26.1. The number of carbonyl (C=O) groups is 1. The Morgan fingerprint density at radius 3 is 2.05 bits per heavy atom. The number of aliphatic carboxylic acids is 1. The Hall–Kier alpha value is -4.30. The van der Waals surface area contributed by atoms with Crippen molar-refractivity contribution in [1.29, 1.82) is 0 Å². The van der Waals surface area contributed by atoms with E-state index in [1.807, 2.05) is 48.5 Å². The number of hydrogen-bond acceptors (Lipinski definition) is 5. The van der Waals surface area contributed by atoms with Gasteiger partial charge in [0, 0.05) is 12.1 Å². The molecule has 4 aromatic rings. The van der Waals surface area contributed by atoms with Crippen molar-refractivity contribution in [2.75, 3.05) is 17.9 Å². The first-order valence-corrected chi connectivity index (χ1v) is 13.2. The summed E-state index contributed by atoms with van der Waals surface area (Å²) >= 11 is 0. The van der Waals surface area contributed by atoms with E-state index in [0.29, 0.717) is 23.6 Å². The molecule has 0 amide bonds. The lowest BCUT2D eigenvalue weighted by Crippen LogP contribution is -2.13. The summed E-state index contributed by atoms with van der Waals surface area (Å²) < 4.78 is 39.6. The lowest BCUT2D eigenvalue weighted by Gasteiger charge is -2.12. The highest BCUT2D eigenvalue weighted by atomic mass is 32.2. The van der Waals surface area contributed by atoms with Gasteiger partial charge in [0.1, 0.15) is 24.7 Å². The highest BCUT2D eigenvalue weighted by Crippen LogP contribution is 2.24. The Balaban J connectivity index is 1.28. The van der Waals surface area contributed by atoms with E-state index in [-0.39, 0.29) is 24.5 Å². The first-order valence-electron chi connectivity index (χ1n) is 11.7. The standard InChI is InChI=1S/C29H27NO6S/c31-29(32)19-12-24-8-4-5-9-28(24)36-21-20-35-26-15-13-25(14-16-26)30-37(33,34)27-17-10-23(11-18-27)22-6-2-1-3-7-22/h1-11,13-18,30H,12,19-21H2,(H,31,32). The molecule has 0 aliphatic heterocycles. The molecule has 8 heteroatoms. The van der Waals surface area contributed by atoms with Crippen molar-refractivity contribution in [3.63, 3.8) is 0 Å². The van der Waals surface area contributed by atoms with E-state index in [1.165, 1.54) is 0 Å². The number of para-hydroxylation sites is 1. The Labute approximate surface area is 216 Å². The maximum Gasteiger partial charge on any atom is 0.303 e. The molecule has 190 valence electrons. The van der Waals surface area contributed by atoms with Gasteiger partial charge < -0.3 is 14.6 Å². The molecular weight excluding hydrogens is 490 g/mol. The van der Waals surface area contributed by atoms with Crippen LogP contribution in [-0.2, 0) is 21.2 Å². The Bertz CT molecular complexity index is 1420. The molecule has 7 nitrogen and oxygen atoms in total. The van der Waals surface area contributed by atoms with Crippen molar-refractivity contribution in [3.8, 4) is 22.6 Å². The molecule has 2 N–H and O–H groups in total. The van der Waals surface area contributed by atoms with Gasteiger partial charge in [-0.3, -0.25) is 9.52 Å². The molecule has 0 aliphatic rings. The number of aryl methyl sites for hydroxylation is 1. The van der Waals surface area contributed by atoms with E-state index in [1.54, 1.807) is 54.6 Å². The molecule has 0 unspecified atom stereocenters. The van der Waals surface area contributed by atoms with Crippen LogP contribution < -0.4 is 14.2 Å². The Kier molecular flexibility index (Phi) is 8.43. The van der Waals surface area contributed by atoms with Crippen LogP contribution in [-0.4, -0.2) is 32.7 Å².